The van der Waals surface area contributed by atoms with Crippen molar-refractivity contribution in [1.29, 1.82) is 0 Å². The summed E-state index contributed by atoms with van der Waals surface area (Å²) in [6.07, 6.45) is 0. The largest absolute Gasteiger partial charge is 0.370 e. The van der Waals surface area contributed by atoms with Crippen LogP contribution in [-0.4, -0.2) is 20.3 Å². The first-order valence-corrected chi connectivity index (χ1v) is 6.93. The van der Waals surface area contributed by atoms with E-state index in [-0.39, 0.29) is 10.5 Å². The SMILES string of the molecule is Cc1cc(Br)c(C(=O)N=C(N)N)cc1S(N)(=O)=O. The van der Waals surface area contributed by atoms with Gasteiger partial charge in [0.15, 0.2) is 5.96 Å². The van der Waals surface area contributed by atoms with Crippen LogP contribution in [0.5, 0.6) is 0 Å². The number of halogens is 1. The molecule has 0 aromatic heterocycles. The van der Waals surface area contributed by atoms with Gasteiger partial charge in [0, 0.05) is 4.47 Å². The number of rotatable bonds is 2. The zero-order chi connectivity index (χ0) is 14.1. The molecule has 9 heteroatoms. The summed E-state index contributed by atoms with van der Waals surface area (Å²) >= 11 is 3.13. The van der Waals surface area contributed by atoms with Crippen molar-refractivity contribution in [1.82, 2.24) is 0 Å². The number of primary sulfonamides is 1. The fourth-order valence-corrected chi connectivity index (χ4v) is 2.72. The lowest BCUT2D eigenvalue weighted by molar-refractivity contribution is 0.100. The smallest absolute Gasteiger partial charge is 0.281 e. The first-order chi connectivity index (χ1) is 8.12. The highest BCUT2D eigenvalue weighted by molar-refractivity contribution is 9.10. The Balaban J connectivity index is 3.49. The van der Waals surface area contributed by atoms with Crippen molar-refractivity contribution in [3.63, 3.8) is 0 Å². The molecule has 1 rings (SSSR count). The molecule has 98 valence electrons. The average Bonchev–Trinajstić information content (AvgIpc) is 2.13. The molecule has 18 heavy (non-hydrogen) atoms. The number of hydrogen-bond acceptors (Lipinski definition) is 3. The van der Waals surface area contributed by atoms with Crippen LogP contribution in [0.25, 0.3) is 0 Å². The molecule has 0 aliphatic heterocycles. The maximum atomic E-state index is 11.7. The summed E-state index contributed by atoms with van der Waals surface area (Å²) in [7, 11) is -3.92. The van der Waals surface area contributed by atoms with Crippen molar-refractivity contribution >= 4 is 37.8 Å². The molecule has 0 spiro atoms. The molecule has 1 aromatic rings. The second-order valence-corrected chi connectivity index (χ2v) is 5.87. The van der Waals surface area contributed by atoms with E-state index in [1.165, 1.54) is 6.07 Å². The van der Waals surface area contributed by atoms with Gasteiger partial charge in [0.1, 0.15) is 0 Å². The van der Waals surface area contributed by atoms with Crippen LogP contribution in [0.3, 0.4) is 0 Å². The van der Waals surface area contributed by atoms with Crippen molar-refractivity contribution in [3.8, 4) is 0 Å². The van der Waals surface area contributed by atoms with E-state index in [0.717, 1.165) is 6.07 Å². The molecule has 0 unspecified atom stereocenters. The number of guanidine groups is 1. The summed E-state index contributed by atoms with van der Waals surface area (Å²) in [6.45, 7) is 1.55. The first-order valence-electron chi connectivity index (χ1n) is 4.60. The van der Waals surface area contributed by atoms with Crippen LogP contribution in [0.4, 0.5) is 0 Å². The van der Waals surface area contributed by atoms with Gasteiger partial charge in [-0.15, -0.1) is 0 Å². The molecule has 6 N–H and O–H groups in total. The molecule has 0 radical (unpaired) electrons. The van der Waals surface area contributed by atoms with Crippen LogP contribution >= 0.6 is 15.9 Å². The van der Waals surface area contributed by atoms with Gasteiger partial charge in [-0.25, -0.2) is 13.6 Å². The number of aliphatic imine (C=N–C) groups is 1. The Hall–Kier alpha value is -1.45. The lowest BCUT2D eigenvalue weighted by Crippen LogP contribution is -2.24. The summed E-state index contributed by atoms with van der Waals surface area (Å²) in [5, 5.41) is 5.04. The van der Waals surface area contributed by atoms with E-state index in [9.17, 15) is 13.2 Å². The molecular weight excluding hydrogens is 324 g/mol. The highest BCUT2D eigenvalue weighted by Crippen LogP contribution is 2.24. The molecule has 0 heterocycles. The highest BCUT2D eigenvalue weighted by Gasteiger charge is 2.18. The third-order valence-electron chi connectivity index (χ3n) is 2.03. The van der Waals surface area contributed by atoms with Crippen molar-refractivity contribution in [2.75, 3.05) is 0 Å². The van der Waals surface area contributed by atoms with Crippen molar-refractivity contribution in [2.45, 2.75) is 11.8 Å². The predicted octanol–water partition coefficient (Wildman–Crippen LogP) is -0.181. The molecule has 0 aliphatic rings. The normalized spacial score (nSPS) is 11.1. The molecule has 1 amide bonds. The second kappa shape index (κ2) is 5.04. The van der Waals surface area contributed by atoms with Gasteiger partial charge in [0.25, 0.3) is 5.91 Å². The number of nitrogens with zero attached hydrogens (tertiary/aromatic N) is 1. The van der Waals surface area contributed by atoms with Gasteiger partial charge in [-0.2, -0.15) is 4.99 Å². The maximum absolute atomic E-state index is 11.7. The predicted molar refractivity (Wildman–Crippen MR) is 70.4 cm³/mol. The molecule has 0 bridgehead atoms. The number of amides is 1. The number of aryl methyl sites for hydroxylation is 1. The van der Waals surface area contributed by atoms with E-state index >= 15 is 0 Å². The summed E-state index contributed by atoms with van der Waals surface area (Å²) in [5.41, 5.74) is 10.6. The third-order valence-corrected chi connectivity index (χ3v) is 3.74. The standard InChI is InChI=1S/C9H11BrN4O3S/c1-4-2-6(10)5(8(15)14-9(11)12)3-7(4)18(13,16)17/h2-3H,1H3,(H2,13,16,17)(H4,11,12,14,15). The molecular formula is C9H11BrN4O3S. The van der Waals surface area contributed by atoms with E-state index in [0.29, 0.717) is 10.0 Å². The third kappa shape index (κ3) is 3.28. The molecule has 0 atom stereocenters. The Bertz CT molecular complexity index is 635. The minimum atomic E-state index is -3.92. The van der Waals surface area contributed by atoms with Gasteiger partial charge >= 0.3 is 0 Å². The fraction of sp³-hybridized carbons (Fsp3) is 0.111. The number of hydrogen-bond donors (Lipinski definition) is 3. The Morgan fingerprint density at radius 1 is 1.33 bits per heavy atom. The minimum absolute atomic E-state index is 0.0121. The molecule has 0 saturated carbocycles. The Morgan fingerprint density at radius 3 is 2.33 bits per heavy atom. The van der Waals surface area contributed by atoms with E-state index < -0.39 is 21.9 Å². The number of nitrogens with two attached hydrogens (primary N) is 3. The number of carbonyl (C=O) groups excluding carboxylic acids is 1. The van der Waals surface area contributed by atoms with Crippen molar-refractivity contribution < 1.29 is 13.2 Å². The molecule has 1 aromatic carbocycles. The second-order valence-electron chi connectivity index (χ2n) is 3.48. The average molecular weight is 335 g/mol. The lowest BCUT2D eigenvalue weighted by atomic mass is 10.1. The van der Waals surface area contributed by atoms with Crippen LogP contribution in [0, 0.1) is 6.92 Å². The zero-order valence-electron chi connectivity index (χ0n) is 9.34. The topological polar surface area (TPSA) is 142 Å². The molecule has 0 fully saturated rings. The van der Waals surface area contributed by atoms with Crippen LogP contribution in [-0.2, 0) is 10.0 Å². The van der Waals surface area contributed by atoms with Gasteiger partial charge in [-0.3, -0.25) is 4.79 Å². The number of carbonyl (C=O) groups is 1. The van der Waals surface area contributed by atoms with Crippen molar-refractivity contribution in [3.05, 3.63) is 27.7 Å². The molecule has 0 aliphatic carbocycles. The van der Waals surface area contributed by atoms with Crippen LogP contribution in [0.1, 0.15) is 15.9 Å². The molecule has 0 saturated heterocycles. The van der Waals surface area contributed by atoms with Gasteiger partial charge in [-0.1, -0.05) is 0 Å². The summed E-state index contributed by atoms with van der Waals surface area (Å²) in [6, 6.07) is 2.58. The highest BCUT2D eigenvalue weighted by atomic mass is 79.9. The first kappa shape index (κ1) is 14.6. The van der Waals surface area contributed by atoms with Gasteiger partial charge in [0.05, 0.1) is 10.5 Å². The van der Waals surface area contributed by atoms with Gasteiger partial charge in [0.2, 0.25) is 10.0 Å². The minimum Gasteiger partial charge on any atom is -0.370 e. The van der Waals surface area contributed by atoms with E-state index in [4.69, 9.17) is 16.6 Å². The van der Waals surface area contributed by atoms with Gasteiger partial charge < -0.3 is 11.5 Å². The lowest BCUT2D eigenvalue weighted by Gasteiger charge is -2.07. The Kier molecular flexibility index (Phi) is 4.09. The van der Waals surface area contributed by atoms with Crippen LogP contribution < -0.4 is 16.6 Å². The van der Waals surface area contributed by atoms with Crippen LogP contribution in [0.2, 0.25) is 0 Å². The summed E-state index contributed by atoms with van der Waals surface area (Å²) in [4.78, 5) is 14.8. The summed E-state index contributed by atoms with van der Waals surface area (Å²) in [5.74, 6) is -1.17. The van der Waals surface area contributed by atoms with E-state index in [1.54, 1.807) is 6.92 Å². The number of benzene rings is 1. The maximum Gasteiger partial charge on any atom is 0.281 e. The zero-order valence-corrected chi connectivity index (χ0v) is 11.7. The van der Waals surface area contributed by atoms with Crippen molar-refractivity contribution in [2.24, 2.45) is 21.6 Å². The molecule has 7 nitrogen and oxygen atoms in total. The van der Waals surface area contributed by atoms with Gasteiger partial charge in [-0.05, 0) is 40.5 Å². The Labute approximate surface area is 112 Å². The monoisotopic (exact) mass is 334 g/mol. The van der Waals surface area contributed by atoms with E-state index in [2.05, 4.69) is 20.9 Å². The Morgan fingerprint density at radius 2 is 1.89 bits per heavy atom. The fourth-order valence-electron chi connectivity index (χ4n) is 1.30. The van der Waals surface area contributed by atoms with Crippen LogP contribution in [0.15, 0.2) is 26.5 Å². The number of sulfonamides is 1. The summed E-state index contributed by atoms with van der Waals surface area (Å²) < 4.78 is 23.0. The quantitative estimate of drug-likeness (QED) is 0.508. The van der Waals surface area contributed by atoms with E-state index in [1.807, 2.05) is 0 Å².